The molecule has 8 nitrogen and oxygen atoms in total. The van der Waals surface area contributed by atoms with E-state index in [1.165, 1.54) is 6.07 Å². The van der Waals surface area contributed by atoms with Crippen molar-refractivity contribution in [3.8, 4) is 29.6 Å². The number of methoxy groups -OCH3 is 1. The predicted molar refractivity (Wildman–Crippen MR) is 199 cm³/mol. The highest BCUT2D eigenvalue weighted by molar-refractivity contribution is 6.02. The summed E-state index contributed by atoms with van der Waals surface area (Å²) in [6.45, 7) is 11.9. The number of hydrogen-bond donors (Lipinski definition) is 1. The van der Waals surface area contributed by atoms with Crippen LogP contribution in [0.25, 0.3) is 32.9 Å². The Morgan fingerprint density at radius 1 is 0.981 bits per heavy atom. The van der Waals surface area contributed by atoms with Gasteiger partial charge in [-0.1, -0.05) is 57.9 Å². The monoisotopic (exact) mass is 740 g/mol. The second-order valence-corrected chi connectivity index (χ2v) is 13.1. The Hall–Kier alpha value is -4.12. The van der Waals surface area contributed by atoms with E-state index in [0.717, 1.165) is 83.0 Å². The van der Waals surface area contributed by atoms with Crippen molar-refractivity contribution in [2.24, 2.45) is 0 Å². The Balaban J connectivity index is 0.000000439. The smallest absolute Gasteiger partial charge is 0.411 e. The number of aryl methyl sites for hydroxylation is 1. The van der Waals surface area contributed by atoms with E-state index in [4.69, 9.17) is 26.1 Å². The molecular weight excluding hydrogens is 691 g/mol. The van der Waals surface area contributed by atoms with E-state index in [1.54, 1.807) is 12.1 Å². The number of alkyl halides is 3. The van der Waals surface area contributed by atoms with Gasteiger partial charge in [-0.05, 0) is 63.1 Å². The van der Waals surface area contributed by atoms with Crippen LogP contribution in [0, 0.1) is 24.0 Å². The van der Waals surface area contributed by atoms with Gasteiger partial charge in [0.2, 0.25) is 0 Å². The zero-order valence-electron chi connectivity index (χ0n) is 31.2. The van der Waals surface area contributed by atoms with Crippen LogP contribution in [0.1, 0.15) is 71.1 Å². The number of rotatable bonds is 5. The van der Waals surface area contributed by atoms with Crippen LogP contribution in [0.3, 0.4) is 0 Å². The van der Waals surface area contributed by atoms with Gasteiger partial charge in [0.25, 0.3) is 0 Å². The zero-order chi connectivity index (χ0) is 38.3. The number of aromatic nitrogens is 3. The molecule has 3 fully saturated rings. The Kier molecular flexibility index (Phi) is 13.1. The maximum Gasteiger partial charge on any atom is 0.411 e. The van der Waals surface area contributed by atoms with E-state index < -0.39 is 24.4 Å². The zero-order valence-corrected chi connectivity index (χ0v) is 31.2. The van der Waals surface area contributed by atoms with E-state index >= 15 is 4.39 Å². The summed E-state index contributed by atoms with van der Waals surface area (Å²) in [5.74, 6) is 2.08. The number of terminal acetylenes is 1. The summed E-state index contributed by atoms with van der Waals surface area (Å²) in [6.07, 6.45) is 7.56. The van der Waals surface area contributed by atoms with Crippen LogP contribution in [0.2, 0.25) is 0 Å². The van der Waals surface area contributed by atoms with Crippen LogP contribution in [0.15, 0.2) is 30.3 Å². The summed E-state index contributed by atoms with van der Waals surface area (Å²) in [5.41, 5.74) is 1.61. The minimum Gasteiger partial charge on any atom is -0.461 e. The summed E-state index contributed by atoms with van der Waals surface area (Å²) < 4.78 is 74.6. The molecule has 2 aromatic carbocycles. The van der Waals surface area contributed by atoms with Crippen molar-refractivity contribution in [2.45, 2.75) is 84.0 Å². The molecule has 4 aromatic rings. The third kappa shape index (κ3) is 8.20. The molecule has 1 atom stereocenters. The molecular formula is C40H49F5N6O2. The van der Waals surface area contributed by atoms with Gasteiger partial charge in [0.05, 0.1) is 22.2 Å². The number of pyridine rings is 1. The van der Waals surface area contributed by atoms with Crippen LogP contribution in [0.5, 0.6) is 6.01 Å². The van der Waals surface area contributed by atoms with Crippen molar-refractivity contribution < 1.29 is 31.4 Å². The molecule has 6 heterocycles. The van der Waals surface area contributed by atoms with Gasteiger partial charge in [-0.3, -0.25) is 4.90 Å². The van der Waals surface area contributed by atoms with Crippen LogP contribution < -0.4 is 15.0 Å². The van der Waals surface area contributed by atoms with Gasteiger partial charge in [-0.2, -0.15) is 23.1 Å². The molecule has 4 aliphatic heterocycles. The molecule has 0 saturated carbocycles. The molecule has 0 spiro atoms. The van der Waals surface area contributed by atoms with E-state index in [0.29, 0.717) is 35.2 Å². The molecule has 286 valence electrons. The highest BCUT2D eigenvalue weighted by Gasteiger charge is 2.45. The van der Waals surface area contributed by atoms with Crippen molar-refractivity contribution in [1.82, 2.24) is 25.2 Å². The molecule has 1 unspecified atom stereocenters. The van der Waals surface area contributed by atoms with Crippen LogP contribution in [0.4, 0.5) is 27.8 Å². The Labute approximate surface area is 308 Å². The van der Waals surface area contributed by atoms with E-state index in [9.17, 15) is 17.6 Å². The first kappa shape index (κ1) is 40.1. The highest BCUT2D eigenvalue weighted by Crippen LogP contribution is 2.42. The summed E-state index contributed by atoms with van der Waals surface area (Å²) in [6, 6.07) is 8.82. The van der Waals surface area contributed by atoms with Crippen LogP contribution >= 0.6 is 0 Å². The third-order valence-corrected chi connectivity index (χ3v) is 10.1. The van der Waals surface area contributed by atoms with Gasteiger partial charge in [-0.25, -0.2) is 13.8 Å². The lowest BCUT2D eigenvalue weighted by atomic mass is 9.95. The molecule has 0 aliphatic carbocycles. The number of fused-ring (bicyclic) bond motifs is 4. The van der Waals surface area contributed by atoms with Gasteiger partial charge < -0.3 is 19.7 Å². The first-order valence-electron chi connectivity index (χ1n) is 18.6. The second kappa shape index (κ2) is 17.3. The molecule has 13 heteroatoms. The summed E-state index contributed by atoms with van der Waals surface area (Å²) in [4.78, 5) is 19.4. The molecule has 0 radical (unpaired) electrons. The Morgan fingerprint density at radius 3 is 2.38 bits per heavy atom. The lowest BCUT2D eigenvalue weighted by Crippen LogP contribution is -2.51. The number of ether oxygens (including phenoxy) is 2. The van der Waals surface area contributed by atoms with Gasteiger partial charge in [0.1, 0.15) is 36.1 Å². The van der Waals surface area contributed by atoms with Gasteiger partial charge in [0.15, 0.2) is 5.82 Å². The number of nitrogens with one attached hydrogen (secondary N) is 1. The van der Waals surface area contributed by atoms with E-state index in [1.807, 2.05) is 39.8 Å². The third-order valence-electron chi connectivity index (χ3n) is 10.1. The van der Waals surface area contributed by atoms with E-state index in [2.05, 4.69) is 25.8 Å². The van der Waals surface area contributed by atoms with Crippen LogP contribution in [-0.2, 0) is 11.2 Å². The number of benzene rings is 2. The fourth-order valence-corrected chi connectivity index (χ4v) is 7.95. The standard InChI is InChI=1S/C33H32F2N6O.C3H5F3O.2C2H6/c1-2-22-24(34)10-8-20-6-3-7-23(26(20)22)29-28(35)30-27-25(37-29)11-9-21-18-36-14-17-41(21)31(27)39-32(38-30)42-19-33-12-4-15-40(33)16-5-13-33;1-7-2-3(4,5)6;2*1-2/h1,3,6-8,10,21,36H,4-5,9,11-19H2;2H2,1H3;2*1-2H3. The minimum atomic E-state index is -4.17. The molecule has 2 aromatic heterocycles. The normalized spacial score (nSPS) is 18.7. The minimum absolute atomic E-state index is 0.00970. The lowest BCUT2D eigenvalue weighted by molar-refractivity contribution is -0.167. The average molecular weight is 741 g/mol. The van der Waals surface area contributed by atoms with Gasteiger partial charge in [0, 0.05) is 43.7 Å². The quantitative estimate of drug-likeness (QED) is 0.163. The number of anilines is 1. The predicted octanol–water partition coefficient (Wildman–Crippen LogP) is 8.08. The lowest BCUT2D eigenvalue weighted by Gasteiger charge is -2.36. The van der Waals surface area contributed by atoms with E-state index in [-0.39, 0.29) is 34.4 Å². The molecule has 3 saturated heterocycles. The Bertz CT molecular complexity index is 1920. The number of nitrogens with zero attached hydrogens (tertiary/aromatic N) is 5. The highest BCUT2D eigenvalue weighted by atomic mass is 19.4. The van der Waals surface area contributed by atoms with Crippen molar-refractivity contribution in [3.05, 3.63) is 53.2 Å². The van der Waals surface area contributed by atoms with Gasteiger partial charge in [-0.15, -0.1) is 6.42 Å². The largest absolute Gasteiger partial charge is 0.461 e. The van der Waals surface area contributed by atoms with Crippen molar-refractivity contribution in [1.29, 1.82) is 0 Å². The summed E-state index contributed by atoms with van der Waals surface area (Å²) >= 11 is 0. The fourth-order valence-electron chi connectivity index (χ4n) is 7.95. The number of halogens is 5. The first-order valence-corrected chi connectivity index (χ1v) is 18.6. The number of hydrogen-bond acceptors (Lipinski definition) is 8. The molecule has 0 amide bonds. The molecule has 8 rings (SSSR count). The maximum absolute atomic E-state index is 16.8. The summed E-state index contributed by atoms with van der Waals surface area (Å²) in [5, 5.41) is 5.32. The molecule has 4 aliphatic rings. The van der Waals surface area contributed by atoms with Crippen LogP contribution in [-0.4, -0.2) is 90.7 Å². The van der Waals surface area contributed by atoms with Crippen molar-refractivity contribution in [3.63, 3.8) is 0 Å². The second-order valence-electron chi connectivity index (χ2n) is 13.1. The molecule has 0 bridgehead atoms. The van der Waals surface area contributed by atoms with Gasteiger partial charge >= 0.3 is 12.2 Å². The molecule has 1 N–H and O–H groups in total. The first-order chi connectivity index (χ1) is 25.6. The Morgan fingerprint density at radius 2 is 1.72 bits per heavy atom. The topological polar surface area (TPSA) is 75.6 Å². The summed E-state index contributed by atoms with van der Waals surface area (Å²) in [7, 11) is 1.01. The fraction of sp³-hybridized carbons (Fsp3) is 0.525. The number of piperazine rings is 1. The van der Waals surface area contributed by atoms with Crippen molar-refractivity contribution >= 4 is 27.5 Å². The maximum atomic E-state index is 16.8. The van der Waals surface area contributed by atoms with Crippen molar-refractivity contribution in [2.75, 3.05) is 57.9 Å². The molecule has 53 heavy (non-hydrogen) atoms. The SMILES string of the molecule is C#Cc1c(F)ccc2cccc(-c3nc4c5c(nc(OCC67CCCN6CCC7)nc5c3F)N3CCNCC3CC4)c12.CC.CC.COCC(F)(F)F. The average Bonchev–Trinajstić information content (AvgIpc) is 3.71.